The zero-order chi connectivity index (χ0) is 9.84. The highest BCUT2D eigenvalue weighted by atomic mass is 35.5. The van der Waals surface area contributed by atoms with Gasteiger partial charge in [0, 0.05) is 26.3 Å². The number of carbonyl (C=O) groups is 1. The Morgan fingerprint density at radius 3 is 2.92 bits per heavy atom. The van der Waals surface area contributed by atoms with Gasteiger partial charge in [-0.1, -0.05) is 11.6 Å². The predicted octanol–water partition coefficient (Wildman–Crippen LogP) is 0.367. The summed E-state index contributed by atoms with van der Waals surface area (Å²) in [6.45, 7) is 0.908. The quantitative estimate of drug-likeness (QED) is 0.742. The first-order valence-electron chi connectivity index (χ1n) is 3.95. The molecule has 0 aromatic carbocycles. The molecule has 0 aliphatic carbocycles. The Morgan fingerprint density at radius 1 is 1.77 bits per heavy atom. The molecular formula is C8H12ClN3O. The van der Waals surface area contributed by atoms with E-state index >= 15 is 0 Å². The predicted molar refractivity (Wildman–Crippen MR) is 51.8 cm³/mol. The molecule has 0 saturated heterocycles. The zero-order valence-electron chi connectivity index (χ0n) is 7.38. The highest BCUT2D eigenvalue weighted by Gasteiger charge is 2.09. The molecule has 0 aliphatic heterocycles. The van der Waals surface area contributed by atoms with Crippen molar-refractivity contribution in [1.29, 1.82) is 0 Å². The monoisotopic (exact) mass is 201 g/mol. The van der Waals surface area contributed by atoms with Gasteiger partial charge in [-0.3, -0.25) is 4.79 Å². The molecule has 4 nitrogen and oxygen atoms in total. The standard InChI is InChI=1S/C8H12ClN3O/c1-12-5-6(9)4-7(12)8(13)11-3-2-10/h4-5H,2-3,10H2,1H3,(H,11,13). The molecule has 1 heterocycles. The normalized spacial score (nSPS) is 10.1. The lowest BCUT2D eigenvalue weighted by Crippen LogP contribution is -2.30. The molecule has 72 valence electrons. The smallest absolute Gasteiger partial charge is 0.267 e. The summed E-state index contributed by atoms with van der Waals surface area (Å²) in [6, 6.07) is 1.62. The number of carbonyl (C=O) groups excluding carboxylic acids is 1. The Labute approximate surface area is 81.7 Å². The van der Waals surface area contributed by atoms with E-state index in [0.717, 1.165) is 0 Å². The summed E-state index contributed by atoms with van der Waals surface area (Å²) in [4.78, 5) is 11.4. The fourth-order valence-electron chi connectivity index (χ4n) is 1.03. The van der Waals surface area contributed by atoms with Gasteiger partial charge < -0.3 is 15.6 Å². The molecule has 1 rings (SSSR count). The molecule has 0 bridgehead atoms. The lowest BCUT2D eigenvalue weighted by atomic mass is 10.4. The van der Waals surface area contributed by atoms with Gasteiger partial charge in [-0.15, -0.1) is 0 Å². The van der Waals surface area contributed by atoms with Crippen molar-refractivity contribution in [3.63, 3.8) is 0 Å². The van der Waals surface area contributed by atoms with Crippen LogP contribution in [-0.4, -0.2) is 23.6 Å². The second-order valence-corrected chi connectivity index (χ2v) is 3.14. The molecule has 0 unspecified atom stereocenters. The molecule has 1 aromatic rings. The summed E-state index contributed by atoms with van der Waals surface area (Å²) in [7, 11) is 1.77. The minimum Gasteiger partial charge on any atom is -0.349 e. The highest BCUT2D eigenvalue weighted by Crippen LogP contribution is 2.12. The van der Waals surface area contributed by atoms with Gasteiger partial charge in [-0.2, -0.15) is 0 Å². The maximum Gasteiger partial charge on any atom is 0.267 e. The zero-order valence-corrected chi connectivity index (χ0v) is 8.14. The van der Waals surface area contributed by atoms with Crippen molar-refractivity contribution in [3.05, 3.63) is 23.0 Å². The van der Waals surface area contributed by atoms with Crippen molar-refractivity contribution >= 4 is 17.5 Å². The number of nitrogens with zero attached hydrogens (tertiary/aromatic N) is 1. The van der Waals surface area contributed by atoms with E-state index in [9.17, 15) is 4.79 Å². The van der Waals surface area contributed by atoms with Crippen LogP contribution in [0.2, 0.25) is 5.02 Å². The van der Waals surface area contributed by atoms with Gasteiger partial charge in [-0.05, 0) is 6.07 Å². The average Bonchev–Trinajstić information content (AvgIpc) is 2.41. The van der Waals surface area contributed by atoms with E-state index in [2.05, 4.69) is 5.32 Å². The summed E-state index contributed by atoms with van der Waals surface area (Å²) in [5.41, 5.74) is 5.79. The maximum absolute atomic E-state index is 11.4. The molecule has 0 aliphatic rings. The van der Waals surface area contributed by atoms with E-state index in [-0.39, 0.29) is 5.91 Å². The van der Waals surface area contributed by atoms with Crippen molar-refractivity contribution in [2.45, 2.75) is 0 Å². The van der Waals surface area contributed by atoms with Gasteiger partial charge >= 0.3 is 0 Å². The van der Waals surface area contributed by atoms with E-state index < -0.39 is 0 Å². The van der Waals surface area contributed by atoms with E-state index in [0.29, 0.717) is 23.8 Å². The Kier molecular flexibility index (Phi) is 3.33. The number of halogens is 1. The van der Waals surface area contributed by atoms with Crippen molar-refractivity contribution in [2.75, 3.05) is 13.1 Å². The molecule has 1 aromatic heterocycles. The summed E-state index contributed by atoms with van der Waals surface area (Å²) in [5, 5.41) is 3.22. The van der Waals surface area contributed by atoms with Crippen molar-refractivity contribution in [1.82, 2.24) is 9.88 Å². The number of hydrogen-bond acceptors (Lipinski definition) is 2. The van der Waals surface area contributed by atoms with Crippen LogP contribution in [0.15, 0.2) is 12.3 Å². The average molecular weight is 202 g/mol. The first kappa shape index (κ1) is 10.1. The van der Waals surface area contributed by atoms with E-state index in [4.69, 9.17) is 17.3 Å². The molecule has 0 fully saturated rings. The third kappa shape index (κ3) is 2.47. The number of nitrogens with two attached hydrogens (primary N) is 1. The van der Waals surface area contributed by atoms with Crippen LogP contribution in [0.3, 0.4) is 0 Å². The molecule has 1 amide bonds. The van der Waals surface area contributed by atoms with Gasteiger partial charge in [0.2, 0.25) is 0 Å². The molecule has 0 spiro atoms. The summed E-state index contributed by atoms with van der Waals surface area (Å²) in [6.07, 6.45) is 1.68. The van der Waals surface area contributed by atoms with E-state index in [1.807, 2.05) is 0 Å². The Bertz CT molecular complexity index is 308. The number of hydrogen-bond donors (Lipinski definition) is 2. The number of amides is 1. The fourth-order valence-corrected chi connectivity index (χ4v) is 1.28. The lowest BCUT2D eigenvalue weighted by Gasteiger charge is -2.03. The van der Waals surface area contributed by atoms with Gasteiger partial charge in [0.15, 0.2) is 0 Å². The summed E-state index contributed by atoms with van der Waals surface area (Å²) in [5.74, 6) is -0.153. The minimum absolute atomic E-state index is 0.153. The maximum atomic E-state index is 11.4. The fraction of sp³-hybridized carbons (Fsp3) is 0.375. The molecule has 0 radical (unpaired) electrons. The first-order valence-corrected chi connectivity index (χ1v) is 4.33. The van der Waals surface area contributed by atoms with Crippen LogP contribution in [0.25, 0.3) is 0 Å². The summed E-state index contributed by atoms with van der Waals surface area (Å²) < 4.78 is 1.67. The SMILES string of the molecule is Cn1cc(Cl)cc1C(=O)NCCN. The minimum atomic E-state index is -0.153. The number of rotatable bonds is 3. The number of nitrogens with one attached hydrogen (secondary N) is 1. The van der Waals surface area contributed by atoms with Crippen LogP contribution in [0.1, 0.15) is 10.5 Å². The molecular weight excluding hydrogens is 190 g/mol. The van der Waals surface area contributed by atoms with Gasteiger partial charge in [0.05, 0.1) is 5.02 Å². The highest BCUT2D eigenvalue weighted by molar-refractivity contribution is 6.31. The van der Waals surface area contributed by atoms with E-state index in [1.165, 1.54) is 0 Å². The van der Waals surface area contributed by atoms with Crippen LogP contribution in [0, 0.1) is 0 Å². The second-order valence-electron chi connectivity index (χ2n) is 2.70. The molecule has 5 heteroatoms. The van der Waals surface area contributed by atoms with Crippen LogP contribution in [-0.2, 0) is 7.05 Å². The van der Waals surface area contributed by atoms with Gasteiger partial charge in [0.25, 0.3) is 5.91 Å². The molecule has 0 atom stereocenters. The number of aromatic nitrogens is 1. The topological polar surface area (TPSA) is 60.0 Å². The lowest BCUT2D eigenvalue weighted by molar-refractivity contribution is 0.0946. The Hall–Kier alpha value is -1.00. The largest absolute Gasteiger partial charge is 0.349 e. The van der Waals surface area contributed by atoms with Gasteiger partial charge in [-0.25, -0.2) is 0 Å². The van der Waals surface area contributed by atoms with Crippen LogP contribution in [0.5, 0.6) is 0 Å². The Morgan fingerprint density at radius 2 is 2.46 bits per heavy atom. The van der Waals surface area contributed by atoms with Gasteiger partial charge in [0.1, 0.15) is 5.69 Å². The van der Waals surface area contributed by atoms with Crippen molar-refractivity contribution in [3.8, 4) is 0 Å². The second kappa shape index (κ2) is 4.30. The van der Waals surface area contributed by atoms with Crippen molar-refractivity contribution in [2.24, 2.45) is 12.8 Å². The third-order valence-electron chi connectivity index (χ3n) is 1.63. The van der Waals surface area contributed by atoms with Crippen LogP contribution < -0.4 is 11.1 Å². The summed E-state index contributed by atoms with van der Waals surface area (Å²) >= 11 is 5.72. The number of aryl methyl sites for hydroxylation is 1. The van der Waals surface area contributed by atoms with Crippen molar-refractivity contribution < 1.29 is 4.79 Å². The van der Waals surface area contributed by atoms with Crippen LogP contribution >= 0.6 is 11.6 Å². The van der Waals surface area contributed by atoms with Crippen LogP contribution in [0.4, 0.5) is 0 Å². The molecule has 13 heavy (non-hydrogen) atoms. The first-order chi connectivity index (χ1) is 6.15. The molecule has 3 N–H and O–H groups in total. The van der Waals surface area contributed by atoms with E-state index in [1.54, 1.807) is 23.9 Å². The Balaban J connectivity index is 2.70. The third-order valence-corrected chi connectivity index (χ3v) is 1.84. The molecule has 0 saturated carbocycles.